The number of nitrogen functional groups attached to an aromatic ring is 1. The number of nitrogens with zero attached hydrogens (tertiary/aromatic N) is 6. The number of nitrogens with two attached hydrogens (primary N) is 1. The maximum absolute atomic E-state index is 5.86. The van der Waals surface area contributed by atoms with E-state index in [1.54, 1.807) is 16.7 Å². The van der Waals surface area contributed by atoms with Crippen molar-refractivity contribution in [2.24, 2.45) is 0 Å². The van der Waals surface area contributed by atoms with Crippen LogP contribution in [0.1, 0.15) is 12.7 Å². The molecule has 2 aromatic heterocycles. The summed E-state index contributed by atoms with van der Waals surface area (Å²) in [7, 11) is 3.74. The van der Waals surface area contributed by atoms with E-state index in [0.717, 1.165) is 27.6 Å². The Kier molecular flexibility index (Phi) is 5.71. The fourth-order valence-electron chi connectivity index (χ4n) is 3.03. The van der Waals surface area contributed by atoms with Crippen molar-refractivity contribution in [3.8, 4) is 11.4 Å². The Balaban J connectivity index is 1.68. The minimum absolute atomic E-state index is 0.212. The van der Waals surface area contributed by atoms with Crippen LogP contribution in [0.4, 0.5) is 11.9 Å². The SMILES string of the molecule is CCOc1ccc(-n2c(SCc3nc(N)nc(N(C)C)n3)nc3ccccc32)cc1. The largest absolute Gasteiger partial charge is 0.494 e. The summed E-state index contributed by atoms with van der Waals surface area (Å²) in [5, 5.41) is 0.853. The second-order valence-electron chi connectivity index (χ2n) is 6.74. The summed E-state index contributed by atoms with van der Waals surface area (Å²) >= 11 is 1.56. The van der Waals surface area contributed by atoms with Crippen molar-refractivity contribution in [1.29, 1.82) is 0 Å². The van der Waals surface area contributed by atoms with Gasteiger partial charge in [-0.15, -0.1) is 0 Å². The fraction of sp³-hybridized carbons (Fsp3) is 0.238. The first kappa shape index (κ1) is 20.0. The number of hydrogen-bond donors (Lipinski definition) is 1. The lowest BCUT2D eigenvalue weighted by Gasteiger charge is -2.12. The van der Waals surface area contributed by atoms with Crippen molar-refractivity contribution in [2.75, 3.05) is 31.3 Å². The van der Waals surface area contributed by atoms with E-state index in [1.165, 1.54) is 0 Å². The number of aromatic nitrogens is 5. The van der Waals surface area contributed by atoms with E-state index in [1.807, 2.05) is 63.5 Å². The topological polar surface area (TPSA) is 95.0 Å². The summed E-state index contributed by atoms with van der Waals surface area (Å²) in [5.41, 5.74) is 8.83. The number of imidazole rings is 1. The van der Waals surface area contributed by atoms with E-state index in [2.05, 4.69) is 25.6 Å². The van der Waals surface area contributed by atoms with Gasteiger partial charge >= 0.3 is 0 Å². The van der Waals surface area contributed by atoms with Gasteiger partial charge in [0.15, 0.2) is 5.16 Å². The van der Waals surface area contributed by atoms with Crippen molar-refractivity contribution >= 4 is 34.7 Å². The maximum atomic E-state index is 5.86. The normalized spacial score (nSPS) is 11.0. The lowest BCUT2D eigenvalue weighted by Crippen LogP contribution is -2.16. The van der Waals surface area contributed by atoms with E-state index < -0.39 is 0 Å². The number of ether oxygens (including phenoxy) is 1. The van der Waals surface area contributed by atoms with Crippen LogP contribution in [0.3, 0.4) is 0 Å². The van der Waals surface area contributed by atoms with Crippen molar-refractivity contribution in [1.82, 2.24) is 24.5 Å². The van der Waals surface area contributed by atoms with Gasteiger partial charge in [-0.2, -0.15) is 15.0 Å². The molecule has 4 rings (SSSR count). The summed E-state index contributed by atoms with van der Waals surface area (Å²) in [6.07, 6.45) is 0. The molecule has 0 saturated carbocycles. The second-order valence-corrected chi connectivity index (χ2v) is 7.68. The van der Waals surface area contributed by atoms with Crippen LogP contribution in [0, 0.1) is 0 Å². The monoisotopic (exact) mass is 421 g/mol. The summed E-state index contributed by atoms with van der Waals surface area (Å²) < 4.78 is 7.71. The molecule has 0 aliphatic carbocycles. The fourth-order valence-corrected chi connectivity index (χ4v) is 3.91. The standard InChI is InChI=1S/C21H23N7OS/c1-4-29-15-11-9-14(10-12-15)28-17-8-6-5-7-16(17)23-21(28)30-13-18-24-19(22)26-20(25-18)27(2)3/h5-12H,4,13H2,1-3H3,(H2,22,24,25,26). The van der Waals surface area contributed by atoms with Crippen LogP contribution < -0.4 is 15.4 Å². The smallest absolute Gasteiger partial charge is 0.229 e. The Morgan fingerprint density at radius 2 is 1.77 bits per heavy atom. The lowest BCUT2D eigenvalue weighted by atomic mass is 10.2. The predicted octanol–water partition coefficient (Wildman–Crippen LogP) is 3.55. The molecule has 0 bridgehead atoms. The number of fused-ring (bicyclic) bond motifs is 1. The van der Waals surface area contributed by atoms with Crippen LogP contribution in [-0.2, 0) is 5.75 Å². The highest BCUT2D eigenvalue weighted by Crippen LogP contribution is 2.30. The van der Waals surface area contributed by atoms with Gasteiger partial charge in [0.1, 0.15) is 11.6 Å². The quantitative estimate of drug-likeness (QED) is 0.453. The van der Waals surface area contributed by atoms with E-state index in [-0.39, 0.29) is 5.95 Å². The third-order valence-corrected chi connectivity index (χ3v) is 5.29. The Hall–Kier alpha value is -3.33. The third kappa shape index (κ3) is 4.16. The van der Waals surface area contributed by atoms with Crippen LogP contribution in [-0.4, -0.2) is 45.2 Å². The molecule has 8 nitrogen and oxygen atoms in total. The van der Waals surface area contributed by atoms with Gasteiger partial charge in [0.2, 0.25) is 11.9 Å². The molecular weight excluding hydrogens is 398 g/mol. The molecular formula is C21H23N7OS. The summed E-state index contributed by atoms with van der Waals surface area (Å²) in [5.74, 6) is 2.73. The Labute approximate surface area is 179 Å². The molecule has 0 amide bonds. The van der Waals surface area contributed by atoms with Crippen molar-refractivity contribution in [3.63, 3.8) is 0 Å². The summed E-state index contributed by atoms with van der Waals surface area (Å²) in [6.45, 7) is 2.61. The Morgan fingerprint density at radius 3 is 2.50 bits per heavy atom. The molecule has 0 fully saturated rings. The molecule has 2 N–H and O–H groups in total. The third-order valence-electron chi connectivity index (χ3n) is 4.35. The van der Waals surface area contributed by atoms with Gasteiger partial charge in [-0.1, -0.05) is 23.9 Å². The molecule has 0 unspecified atom stereocenters. The van der Waals surface area contributed by atoms with E-state index in [9.17, 15) is 0 Å². The Bertz CT molecular complexity index is 1160. The molecule has 30 heavy (non-hydrogen) atoms. The van der Waals surface area contributed by atoms with Crippen LogP contribution in [0.5, 0.6) is 5.75 Å². The van der Waals surface area contributed by atoms with E-state index in [0.29, 0.717) is 24.1 Å². The zero-order valence-corrected chi connectivity index (χ0v) is 17.9. The number of para-hydroxylation sites is 2. The van der Waals surface area contributed by atoms with E-state index >= 15 is 0 Å². The average Bonchev–Trinajstić information content (AvgIpc) is 3.11. The van der Waals surface area contributed by atoms with Gasteiger partial charge < -0.3 is 15.4 Å². The molecule has 0 saturated heterocycles. The molecule has 9 heteroatoms. The first-order valence-corrected chi connectivity index (χ1v) is 10.5. The maximum Gasteiger partial charge on any atom is 0.229 e. The highest BCUT2D eigenvalue weighted by atomic mass is 32.2. The van der Waals surface area contributed by atoms with Crippen molar-refractivity contribution in [2.45, 2.75) is 17.8 Å². The van der Waals surface area contributed by atoms with Crippen LogP contribution in [0.15, 0.2) is 53.7 Å². The molecule has 4 aromatic rings. The number of anilines is 2. The van der Waals surface area contributed by atoms with Crippen molar-refractivity contribution in [3.05, 3.63) is 54.4 Å². The molecule has 0 spiro atoms. The average molecular weight is 422 g/mol. The Morgan fingerprint density at radius 1 is 1.00 bits per heavy atom. The predicted molar refractivity (Wildman–Crippen MR) is 120 cm³/mol. The van der Waals surface area contributed by atoms with Crippen LogP contribution in [0.2, 0.25) is 0 Å². The zero-order valence-electron chi connectivity index (χ0n) is 17.1. The van der Waals surface area contributed by atoms with E-state index in [4.69, 9.17) is 15.5 Å². The van der Waals surface area contributed by atoms with Crippen molar-refractivity contribution < 1.29 is 4.74 Å². The van der Waals surface area contributed by atoms with Crippen LogP contribution >= 0.6 is 11.8 Å². The van der Waals surface area contributed by atoms with Gasteiger partial charge in [0.25, 0.3) is 0 Å². The lowest BCUT2D eigenvalue weighted by molar-refractivity contribution is 0.340. The second kappa shape index (κ2) is 8.58. The summed E-state index contributed by atoms with van der Waals surface area (Å²) in [4.78, 5) is 19.5. The first-order valence-electron chi connectivity index (χ1n) is 9.56. The molecule has 2 aromatic carbocycles. The van der Waals surface area contributed by atoms with Gasteiger partial charge in [-0.25, -0.2) is 4.98 Å². The van der Waals surface area contributed by atoms with Gasteiger partial charge in [-0.05, 0) is 43.3 Å². The van der Waals surface area contributed by atoms with Crippen LogP contribution in [0.25, 0.3) is 16.7 Å². The number of hydrogen-bond acceptors (Lipinski definition) is 8. The number of thioether (sulfide) groups is 1. The van der Waals surface area contributed by atoms with Gasteiger partial charge in [0, 0.05) is 19.8 Å². The highest BCUT2D eigenvalue weighted by Gasteiger charge is 2.15. The molecule has 0 aliphatic rings. The molecule has 154 valence electrons. The molecule has 2 heterocycles. The first-order chi connectivity index (χ1) is 14.5. The molecule has 0 atom stereocenters. The minimum Gasteiger partial charge on any atom is -0.494 e. The summed E-state index contributed by atoms with van der Waals surface area (Å²) in [6, 6.07) is 16.1. The zero-order chi connectivity index (χ0) is 21.1. The molecule has 0 radical (unpaired) electrons. The minimum atomic E-state index is 0.212. The number of benzene rings is 2. The number of rotatable bonds is 7. The van der Waals surface area contributed by atoms with Gasteiger partial charge in [0.05, 0.1) is 23.4 Å². The highest BCUT2D eigenvalue weighted by molar-refractivity contribution is 7.98. The molecule has 0 aliphatic heterocycles. The van der Waals surface area contributed by atoms with Gasteiger partial charge in [-0.3, -0.25) is 4.57 Å².